The molecule has 0 saturated heterocycles. The van der Waals surface area contributed by atoms with E-state index < -0.39 is 0 Å². The molecule has 20 heavy (non-hydrogen) atoms. The third kappa shape index (κ3) is 2.69. The average Bonchev–Trinajstić information content (AvgIpc) is 2.90. The predicted octanol–water partition coefficient (Wildman–Crippen LogP) is 2.80. The maximum absolute atomic E-state index is 11.8. The van der Waals surface area contributed by atoms with Crippen molar-refractivity contribution in [3.8, 4) is 0 Å². The molecule has 0 bridgehead atoms. The van der Waals surface area contributed by atoms with Crippen LogP contribution in [0, 0.1) is 0 Å². The molecule has 2 heterocycles. The van der Waals surface area contributed by atoms with Crippen molar-refractivity contribution in [2.24, 2.45) is 0 Å². The van der Waals surface area contributed by atoms with Gasteiger partial charge in [0.2, 0.25) is 0 Å². The van der Waals surface area contributed by atoms with Gasteiger partial charge in [-0.15, -0.1) is 0 Å². The van der Waals surface area contributed by atoms with Gasteiger partial charge in [0.25, 0.3) is 5.91 Å². The van der Waals surface area contributed by atoms with Crippen LogP contribution in [0.25, 0.3) is 11.0 Å². The van der Waals surface area contributed by atoms with E-state index in [1.54, 1.807) is 24.5 Å². The van der Waals surface area contributed by atoms with Gasteiger partial charge in [0, 0.05) is 36.3 Å². The third-order valence-corrected chi connectivity index (χ3v) is 3.08. The molecule has 0 spiro atoms. The van der Waals surface area contributed by atoms with Crippen molar-refractivity contribution in [3.05, 3.63) is 66.2 Å². The van der Waals surface area contributed by atoms with Gasteiger partial charge in [-0.3, -0.25) is 9.78 Å². The van der Waals surface area contributed by atoms with Crippen LogP contribution in [0.4, 0.5) is 0 Å². The number of rotatable bonds is 4. The molecule has 0 unspecified atom stereocenters. The van der Waals surface area contributed by atoms with Crippen LogP contribution in [0.2, 0.25) is 0 Å². The molecular weight excluding hydrogens is 252 g/mol. The Bertz CT molecular complexity index is 686. The van der Waals surface area contributed by atoms with Crippen LogP contribution in [-0.4, -0.2) is 17.4 Å². The minimum absolute atomic E-state index is 0.0940. The molecule has 3 rings (SSSR count). The van der Waals surface area contributed by atoms with Gasteiger partial charge in [-0.2, -0.15) is 0 Å². The van der Waals surface area contributed by atoms with E-state index >= 15 is 0 Å². The van der Waals surface area contributed by atoms with E-state index in [0.717, 1.165) is 16.7 Å². The number of furan rings is 1. The number of nitrogens with zero attached hydrogens (tertiary/aromatic N) is 1. The molecule has 4 heteroatoms. The summed E-state index contributed by atoms with van der Waals surface area (Å²) in [5.74, 6) is 0.782. The van der Waals surface area contributed by atoms with Crippen molar-refractivity contribution in [3.63, 3.8) is 0 Å². The molecule has 1 aromatic carbocycles. The minimum Gasteiger partial charge on any atom is -0.461 e. The fourth-order valence-corrected chi connectivity index (χ4v) is 2.06. The highest BCUT2D eigenvalue weighted by atomic mass is 16.3. The number of hydrogen-bond acceptors (Lipinski definition) is 3. The van der Waals surface area contributed by atoms with Crippen molar-refractivity contribution in [2.45, 2.75) is 6.42 Å². The van der Waals surface area contributed by atoms with Crippen LogP contribution in [0.15, 0.2) is 59.3 Å². The van der Waals surface area contributed by atoms with Crippen molar-refractivity contribution >= 4 is 16.9 Å². The molecule has 0 fully saturated rings. The second-order valence-corrected chi connectivity index (χ2v) is 4.49. The molecule has 3 aromatic rings. The monoisotopic (exact) mass is 266 g/mol. The Kier molecular flexibility index (Phi) is 3.46. The van der Waals surface area contributed by atoms with Crippen molar-refractivity contribution in [2.75, 3.05) is 6.54 Å². The second kappa shape index (κ2) is 5.57. The van der Waals surface area contributed by atoms with Gasteiger partial charge >= 0.3 is 0 Å². The van der Waals surface area contributed by atoms with Gasteiger partial charge in [0.05, 0.1) is 0 Å². The number of nitrogens with one attached hydrogen (secondary N) is 1. The van der Waals surface area contributed by atoms with Gasteiger partial charge in [0.1, 0.15) is 11.3 Å². The smallest absolute Gasteiger partial charge is 0.251 e. The first-order chi connectivity index (χ1) is 9.83. The van der Waals surface area contributed by atoms with Crippen molar-refractivity contribution < 1.29 is 9.21 Å². The Labute approximate surface area is 116 Å². The summed E-state index contributed by atoms with van der Waals surface area (Å²) < 4.78 is 5.69. The number of hydrogen-bond donors (Lipinski definition) is 1. The molecule has 0 aliphatic heterocycles. The van der Waals surface area contributed by atoms with Crippen LogP contribution >= 0.6 is 0 Å². The van der Waals surface area contributed by atoms with E-state index in [1.165, 1.54) is 0 Å². The molecular formula is C16H14N2O2. The fourth-order valence-electron chi connectivity index (χ4n) is 2.06. The minimum atomic E-state index is -0.0940. The second-order valence-electron chi connectivity index (χ2n) is 4.49. The van der Waals surface area contributed by atoms with E-state index in [1.807, 2.05) is 30.3 Å². The average molecular weight is 266 g/mol. The van der Waals surface area contributed by atoms with E-state index in [0.29, 0.717) is 18.5 Å². The summed E-state index contributed by atoms with van der Waals surface area (Å²) in [6, 6.07) is 13.3. The Morgan fingerprint density at radius 3 is 2.75 bits per heavy atom. The Morgan fingerprint density at radius 2 is 1.95 bits per heavy atom. The van der Waals surface area contributed by atoms with Gasteiger partial charge in [0.15, 0.2) is 0 Å². The molecule has 0 radical (unpaired) electrons. The van der Waals surface area contributed by atoms with E-state index in [2.05, 4.69) is 10.3 Å². The van der Waals surface area contributed by atoms with Crippen LogP contribution in [0.1, 0.15) is 16.1 Å². The third-order valence-electron chi connectivity index (χ3n) is 3.08. The Hall–Kier alpha value is -2.62. The van der Waals surface area contributed by atoms with Gasteiger partial charge in [-0.1, -0.05) is 18.2 Å². The molecule has 1 amide bonds. The molecule has 0 aliphatic carbocycles. The zero-order valence-corrected chi connectivity index (χ0v) is 10.9. The van der Waals surface area contributed by atoms with Crippen LogP contribution in [0.5, 0.6) is 0 Å². The highest BCUT2D eigenvalue weighted by Crippen LogP contribution is 2.18. The Balaban J connectivity index is 1.58. The van der Waals surface area contributed by atoms with Crippen LogP contribution in [-0.2, 0) is 6.42 Å². The zero-order valence-electron chi connectivity index (χ0n) is 10.9. The molecule has 100 valence electrons. The first kappa shape index (κ1) is 12.4. The standard InChI is InChI=1S/C16H14N2O2/c19-16(12-5-8-17-9-6-12)18-10-7-14-11-13-3-1-2-4-15(13)20-14/h1-6,8-9,11H,7,10H2,(H,18,19). The molecule has 2 aromatic heterocycles. The van der Waals surface area contributed by atoms with Gasteiger partial charge < -0.3 is 9.73 Å². The first-order valence-corrected chi connectivity index (χ1v) is 6.48. The first-order valence-electron chi connectivity index (χ1n) is 6.48. The number of benzene rings is 1. The summed E-state index contributed by atoms with van der Waals surface area (Å²) in [5.41, 5.74) is 1.49. The van der Waals surface area contributed by atoms with E-state index in [-0.39, 0.29) is 5.91 Å². The summed E-state index contributed by atoms with van der Waals surface area (Å²) >= 11 is 0. The topological polar surface area (TPSA) is 55.1 Å². The molecule has 0 aliphatic rings. The highest BCUT2D eigenvalue weighted by molar-refractivity contribution is 5.93. The summed E-state index contributed by atoms with van der Waals surface area (Å²) in [6.07, 6.45) is 3.88. The molecule has 0 atom stereocenters. The quantitative estimate of drug-likeness (QED) is 0.790. The fraction of sp³-hybridized carbons (Fsp3) is 0.125. The normalized spacial score (nSPS) is 10.6. The van der Waals surface area contributed by atoms with E-state index in [4.69, 9.17) is 4.42 Å². The number of carbonyl (C=O) groups is 1. The number of fused-ring (bicyclic) bond motifs is 1. The van der Waals surface area contributed by atoms with Crippen molar-refractivity contribution in [1.29, 1.82) is 0 Å². The maximum atomic E-state index is 11.8. The lowest BCUT2D eigenvalue weighted by Crippen LogP contribution is -2.25. The lowest BCUT2D eigenvalue weighted by molar-refractivity contribution is 0.0953. The van der Waals surface area contributed by atoms with Gasteiger partial charge in [-0.25, -0.2) is 0 Å². The SMILES string of the molecule is O=C(NCCc1cc2ccccc2o1)c1ccncc1. The lowest BCUT2D eigenvalue weighted by Gasteiger charge is -2.03. The molecule has 4 nitrogen and oxygen atoms in total. The Morgan fingerprint density at radius 1 is 1.15 bits per heavy atom. The number of para-hydroxylation sites is 1. The number of amides is 1. The highest BCUT2D eigenvalue weighted by Gasteiger charge is 2.06. The number of carbonyl (C=O) groups excluding carboxylic acids is 1. The van der Waals surface area contributed by atoms with Crippen LogP contribution < -0.4 is 5.32 Å². The largest absolute Gasteiger partial charge is 0.461 e. The maximum Gasteiger partial charge on any atom is 0.251 e. The molecule has 0 saturated carbocycles. The lowest BCUT2D eigenvalue weighted by atomic mass is 10.2. The summed E-state index contributed by atoms with van der Waals surface area (Å²) in [7, 11) is 0. The number of pyridine rings is 1. The predicted molar refractivity (Wildman–Crippen MR) is 76.5 cm³/mol. The summed E-state index contributed by atoms with van der Waals surface area (Å²) in [6.45, 7) is 0.543. The summed E-state index contributed by atoms with van der Waals surface area (Å²) in [4.78, 5) is 15.7. The van der Waals surface area contributed by atoms with Gasteiger partial charge in [-0.05, 0) is 24.3 Å². The van der Waals surface area contributed by atoms with Crippen LogP contribution in [0.3, 0.4) is 0 Å². The number of aromatic nitrogens is 1. The summed E-state index contributed by atoms with van der Waals surface area (Å²) in [5, 5.41) is 3.95. The van der Waals surface area contributed by atoms with Crippen molar-refractivity contribution in [1.82, 2.24) is 10.3 Å². The zero-order chi connectivity index (χ0) is 13.8. The van der Waals surface area contributed by atoms with E-state index in [9.17, 15) is 4.79 Å². The molecule has 1 N–H and O–H groups in total.